The lowest BCUT2D eigenvalue weighted by molar-refractivity contribution is 0.269. The molecule has 2 aromatic rings. The second-order valence-corrected chi connectivity index (χ2v) is 5.74. The van der Waals surface area contributed by atoms with E-state index in [1.54, 1.807) is 11.8 Å². The molecule has 98 valence electrons. The number of carbonyl (C=O) groups is 1. The van der Waals surface area contributed by atoms with Gasteiger partial charge in [0.2, 0.25) is 0 Å². The van der Waals surface area contributed by atoms with Gasteiger partial charge in [-0.3, -0.25) is 4.79 Å². The maximum atomic E-state index is 11.8. The molecule has 2 nitrogen and oxygen atoms in total. The number of hydrogen-bond donors (Lipinski definition) is 1. The molecule has 2 aromatic carbocycles. The highest BCUT2D eigenvalue weighted by molar-refractivity contribution is 8.13. The van der Waals surface area contributed by atoms with E-state index in [1.165, 1.54) is 16.7 Å². The molecule has 0 heterocycles. The molecule has 0 aliphatic carbocycles. The largest absolute Gasteiger partial charge is 0.317 e. The lowest BCUT2D eigenvalue weighted by atomic mass is 10.2. The Hall–Kier alpha value is -1.39. The second-order valence-electron chi connectivity index (χ2n) is 3.92. The van der Waals surface area contributed by atoms with Gasteiger partial charge in [-0.2, -0.15) is 0 Å². The molecule has 0 aliphatic heterocycles. The standard InChI is InChI=1S/C15H15NOS2/c1-18-14-9-7-13(8-10-14)16-15(17)19-11-12-5-3-2-4-6-12/h2-10H,11H2,1H3,(H,16,17). The molecule has 0 fully saturated rings. The zero-order valence-electron chi connectivity index (χ0n) is 10.6. The van der Waals surface area contributed by atoms with E-state index in [-0.39, 0.29) is 5.24 Å². The molecule has 0 aromatic heterocycles. The highest BCUT2D eigenvalue weighted by atomic mass is 32.2. The summed E-state index contributed by atoms with van der Waals surface area (Å²) in [5.41, 5.74) is 1.99. The van der Waals surface area contributed by atoms with E-state index in [0.29, 0.717) is 5.75 Å². The Labute approximate surface area is 122 Å². The van der Waals surface area contributed by atoms with E-state index in [2.05, 4.69) is 5.32 Å². The van der Waals surface area contributed by atoms with Gasteiger partial charge in [0, 0.05) is 16.3 Å². The van der Waals surface area contributed by atoms with Crippen molar-refractivity contribution < 1.29 is 4.79 Å². The topological polar surface area (TPSA) is 29.1 Å². The van der Waals surface area contributed by atoms with Crippen molar-refractivity contribution in [3.63, 3.8) is 0 Å². The summed E-state index contributed by atoms with van der Waals surface area (Å²) in [6.07, 6.45) is 2.03. The lowest BCUT2D eigenvalue weighted by Crippen LogP contribution is -2.04. The van der Waals surface area contributed by atoms with Gasteiger partial charge in [-0.25, -0.2) is 0 Å². The fourth-order valence-corrected chi connectivity index (χ4v) is 2.64. The summed E-state index contributed by atoms with van der Waals surface area (Å²) < 4.78 is 0. The van der Waals surface area contributed by atoms with Crippen LogP contribution in [0.5, 0.6) is 0 Å². The molecule has 2 rings (SSSR count). The molecule has 19 heavy (non-hydrogen) atoms. The van der Waals surface area contributed by atoms with E-state index in [4.69, 9.17) is 0 Å². The molecular weight excluding hydrogens is 274 g/mol. The SMILES string of the molecule is CSc1ccc(NC(=O)SCc2ccccc2)cc1. The Balaban J connectivity index is 1.83. The summed E-state index contributed by atoms with van der Waals surface area (Å²) >= 11 is 2.97. The van der Waals surface area contributed by atoms with Crippen molar-refractivity contribution in [1.82, 2.24) is 0 Å². The average Bonchev–Trinajstić information content (AvgIpc) is 2.47. The van der Waals surface area contributed by atoms with Crippen LogP contribution in [0, 0.1) is 0 Å². The third-order valence-electron chi connectivity index (χ3n) is 2.55. The molecule has 0 bridgehead atoms. The highest BCUT2D eigenvalue weighted by Crippen LogP contribution is 2.20. The molecule has 1 N–H and O–H groups in total. The van der Waals surface area contributed by atoms with Crippen LogP contribution in [-0.4, -0.2) is 11.5 Å². The Kier molecular flexibility index (Phi) is 5.36. The van der Waals surface area contributed by atoms with Crippen LogP contribution < -0.4 is 5.32 Å². The number of benzene rings is 2. The van der Waals surface area contributed by atoms with Crippen LogP contribution in [0.15, 0.2) is 59.5 Å². The molecule has 4 heteroatoms. The van der Waals surface area contributed by atoms with Crippen LogP contribution >= 0.6 is 23.5 Å². The Morgan fingerprint density at radius 2 is 1.74 bits per heavy atom. The minimum atomic E-state index is -0.0271. The molecule has 0 saturated heterocycles. The average molecular weight is 289 g/mol. The number of amides is 1. The van der Waals surface area contributed by atoms with Gasteiger partial charge in [0.1, 0.15) is 0 Å². The first-order valence-electron chi connectivity index (χ1n) is 5.89. The summed E-state index contributed by atoms with van der Waals surface area (Å²) in [7, 11) is 0. The van der Waals surface area contributed by atoms with Gasteiger partial charge in [0.05, 0.1) is 0 Å². The summed E-state index contributed by atoms with van der Waals surface area (Å²) in [4.78, 5) is 13.0. The van der Waals surface area contributed by atoms with E-state index in [9.17, 15) is 4.79 Å². The van der Waals surface area contributed by atoms with Gasteiger partial charge in [-0.05, 0) is 36.1 Å². The Morgan fingerprint density at radius 1 is 1.05 bits per heavy atom. The Morgan fingerprint density at radius 3 is 2.37 bits per heavy atom. The second kappa shape index (κ2) is 7.26. The maximum Gasteiger partial charge on any atom is 0.283 e. The first kappa shape index (κ1) is 14.0. The van der Waals surface area contributed by atoms with E-state index in [0.717, 1.165) is 11.3 Å². The summed E-state index contributed by atoms with van der Waals surface area (Å²) in [5, 5.41) is 2.85. The van der Waals surface area contributed by atoms with Crippen molar-refractivity contribution in [3.8, 4) is 0 Å². The minimum Gasteiger partial charge on any atom is -0.317 e. The summed E-state index contributed by atoms with van der Waals surface area (Å²) in [6.45, 7) is 0. The van der Waals surface area contributed by atoms with Gasteiger partial charge in [0.15, 0.2) is 0 Å². The number of thioether (sulfide) groups is 2. The molecule has 0 radical (unpaired) electrons. The number of carbonyl (C=O) groups excluding carboxylic acids is 1. The van der Waals surface area contributed by atoms with Gasteiger partial charge in [-0.1, -0.05) is 42.1 Å². The van der Waals surface area contributed by atoms with Crippen LogP contribution in [0.25, 0.3) is 0 Å². The smallest absolute Gasteiger partial charge is 0.283 e. The monoisotopic (exact) mass is 289 g/mol. The fourth-order valence-electron chi connectivity index (χ4n) is 1.55. The zero-order chi connectivity index (χ0) is 13.5. The van der Waals surface area contributed by atoms with Gasteiger partial charge in [-0.15, -0.1) is 11.8 Å². The van der Waals surface area contributed by atoms with Gasteiger partial charge >= 0.3 is 0 Å². The molecular formula is C15H15NOS2. The van der Waals surface area contributed by atoms with Crippen LogP contribution in [-0.2, 0) is 5.75 Å². The van der Waals surface area contributed by atoms with Crippen LogP contribution in [0.2, 0.25) is 0 Å². The Bertz CT molecular complexity index is 526. The first-order chi connectivity index (χ1) is 9.28. The minimum absolute atomic E-state index is 0.0271. The van der Waals surface area contributed by atoms with Crippen molar-refractivity contribution in [3.05, 3.63) is 60.2 Å². The first-order valence-corrected chi connectivity index (χ1v) is 8.11. The van der Waals surface area contributed by atoms with Crippen molar-refractivity contribution in [2.45, 2.75) is 10.6 Å². The van der Waals surface area contributed by atoms with Crippen molar-refractivity contribution >= 4 is 34.5 Å². The highest BCUT2D eigenvalue weighted by Gasteiger charge is 2.03. The lowest BCUT2D eigenvalue weighted by Gasteiger charge is -2.05. The number of anilines is 1. The van der Waals surface area contributed by atoms with E-state index in [1.807, 2.05) is 60.9 Å². The van der Waals surface area contributed by atoms with Crippen LogP contribution in [0.1, 0.15) is 5.56 Å². The zero-order valence-corrected chi connectivity index (χ0v) is 12.3. The molecule has 0 saturated carbocycles. The normalized spacial score (nSPS) is 10.2. The van der Waals surface area contributed by atoms with Crippen LogP contribution in [0.4, 0.5) is 10.5 Å². The number of hydrogen-bond acceptors (Lipinski definition) is 3. The molecule has 0 unspecified atom stereocenters. The third-order valence-corrected chi connectivity index (χ3v) is 4.13. The molecule has 0 aliphatic rings. The summed E-state index contributed by atoms with van der Waals surface area (Å²) in [5.74, 6) is 0.690. The summed E-state index contributed by atoms with van der Waals surface area (Å²) in [6, 6.07) is 17.8. The maximum absolute atomic E-state index is 11.8. The predicted octanol–water partition coefficient (Wildman–Crippen LogP) is 4.87. The third kappa shape index (κ3) is 4.65. The van der Waals surface area contributed by atoms with Crippen molar-refractivity contribution in [1.29, 1.82) is 0 Å². The van der Waals surface area contributed by atoms with Crippen LogP contribution in [0.3, 0.4) is 0 Å². The van der Waals surface area contributed by atoms with Gasteiger partial charge in [0.25, 0.3) is 5.24 Å². The predicted molar refractivity (Wildman–Crippen MR) is 85.0 cm³/mol. The van der Waals surface area contributed by atoms with Gasteiger partial charge < -0.3 is 5.32 Å². The van der Waals surface area contributed by atoms with Crippen molar-refractivity contribution in [2.24, 2.45) is 0 Å². The molecule has 0 atom stereocenters. The molecule has 1 amide bonds. The quantitative estimate of drug-likeness (QED) is 0.814. The number of rotatable bonds is 4. The van der Waals surface area contributed by atoms with E-state index >= 15 is 0 Å². The fraction of sp³-hybridized carbons (Fsp3) is 0.133. The molecule has 0 spiro atoms. The van der Waals surface area contributed by atoms with E-state index < -0.39 is 0 Å². The number of nitrogens with one attached hydrogen (secondary N) is 1. The van der Waals surface area contributed by atoms with Crippen molar-refractivity contribution in [2.75, 3.05) is 11.6 Å².